The van der Waals surface area contributed by atoms with Crippen LogP contribution in [-0.4, -0.2) is 38.9 Å². The zero-order chi connectivity index (χ0) is 10.3. The summed E-state index contributed by atoms with van der Waals surface area (Å²) in [6, 6.07) is -0.743. The van der Waals surface area contributed by atoms with Crippen molar-refractivity contribution in [3.63, 3.8) is 0 Å². The van der Waals surface area contributed by atoms with Crippen LogP contribution in [0, 0.1) is 0 Å². The normalized spacial score (nSPS) is 11.8. The van der Waals surface area contributed by atoms with E-state index < -0.39 is 18.0 Å². The molecule has 1 unspecified atom stereocenters. The maximum atomic E-state index is 10.8. The minimum Gasteiger partial charge on any atom is -0.453 e. The summed E-state index contributed by atoms with van der Waals surface area (Å²) in [6.45, 7) is 0.345. The number of nitrogens with two attached hydrogens (primary N) is 1. The first-order chi connectivity index (χ1) is 6.11. The standard InChI is InChI=1S/C7H14N2O4/c1-12-4-3-5(6(8)10)9-7(11)13-2/h5H,3-4H2,1-2H3,(H2,8,10)(H,9,11). The van der Waals surface area contributed by atoms with Crippen LogP contribution >= 0.6 is 0 Å². The number of rotatable bonds is 5. The molecule has 0 rings (SSSR count). The lowest BCUT2D eigenvalue weighted by molar-refractivity contribution is -0.120. The van der Waals surface area contributed by atoms with Gasteiger partial charge in [0.05, 0.1) is 7.11 Å². The Morgan fingerprint density at radius 1 is 1.46 bits per heavy atom. The molecule has 0 heterocycles. The van der Waals surface area contributed by atoms with Gasteiger partial charge in [0, 0.05) is 20.1 Å². The number of primary amides is 1. The van der Waals surface area contributed by atoms with Crippen LogP contribution in [0.3, 0.4) is 0 Å². The molecule has 0 aromatic rings. The first kappa shape index (κ1) is 11.7. The van der Waals surface area contributed by atoms with Crippen molar-refractivity contribution in [1.82, 2.24) is 5.32 Å². The van der Waals surface area contributed by atoms with Gasteiger partial charge < -0.3 is 20.5 Å². The summed E-state index contributed by atoms with van der Waals surface area (Å²) >= 11 is 0. The van der Waals surface area contributed by atoms with Gasteiger partial charge in [0.15, 0.2) is 0 Å². The molecule has 0 saturated heterocycles. The first-order valence-electron chi connectivity index (χ1n) is 3.74. The van der Waals surface area contributed by atoms with Gasteiger partial charge in [-0.25, -0.2) is 4.79 Å². The van der Waals surface area contributed by atoms with Crippen LogP contribution in [0.15, 0.2) is 0 Å². The number of hydrogen-bond acceptors (Lipinski definition) is 4. The van der Waals surface area contributed by atoms with E-state index in [4.69, 9.17) is 10.5 Å². The number of hydrogen-bond donors (Lipinski definition) is 2. The third-order valence-corrected chi connectivity index (χ3v) is 1.43. The Kier molecular flexibility index (Phi) is 5.62. The molecule has 0 aliphatic carbocycles. The minimum atomic E-state index is -0.743. The van der Waals surface area contributed by atoms with Crippen molar-refractivity contribution in [3.05, 3.63) is 0 Å². The van der Waals surface area contributed by atoms with Gasteiger partial charge in [0.1, 0.15) is 6.04 Å². The van der Waals surface area contributed by atoms with Crippen LogP contribution < -0.4 is 11.1 Å². The van der Waals surface area contributed by atoms with Gasteiger partial charge in [-0.3, -0.25) is 4.79 Å². The van der Waals surface area contributed by atoms with Crippen LogP contribution in [0.4, 0.5) is 4.79 Å². The average molecular weight is 190 g/mol. The highest BCUT2D eigenvalue weighted by molar-refractivity contribution is 5.84. The fourth-order valence-corrected chi connectivity index (χ4v) is 0.722. The fraction of sp³-hybridized carbons (Fsp3) is 0.714. The molecule has 0 aromatic heterocycles. The maximum absolute atomic E-state index is 10.8. The lowest BCUT2D eigenvalue weighted by Crippen LogP contribution is -2.44. The zero-order valence-electron chi connectivity index (χ0n) is 7.70. The Balaban J connectivity index is 3.94. The summed E-state index contributed by atoms with van der Waals surface area (Å²) in [4.78, 5) is 21.5. The lowest BCUT2D eigenvalue weighted by atomic mass is 10.2. The second-order valence-corrected chi connectivity index (χ2v) is 2.37. The van der Waals surface area contributed by atoms with E-state index in [1.54, 1.807) is 0 Å². The van der Waals surface area contributed by atoms with E-state index in [0.29, 0.717) is 13.0 Å². The summed E-state index contributed by atoms with van der Waals surface area (Å²) in [7, 11) is 2.71. The predicted octanol–water partition coefficient (Wildman–Crippen LogP) is -0.767. The summed E-state index contributed by atoms with van der Waals surface area (Å²) in [5.41, 5.74) is 5.02. The third kappa shape index (κ3) is 5.02. The Labute approximate surface area is 76.4 Å². The third-order valence-electron chi connectivity index (χ3n) is 1.43. The molecular formula is C7H14N2O4. The van der Waals surface area contributed by atoms with E-state index in [1.807, 2.05) is 0 Å². The summed E-state index contributed by atoms with van der Waals surface area (Å²) in [5, 5.41) is 2.29. The lowest BCUT2D eigenvalue weighted by Gasteiger charge is -2.13. The molecule has 0 bridgehead atoms. The van der Waals surface area contributed by atoms with Gasteiger partial charge in [-0.1, -0.05) is 0 Å². The molecule has 0 aliphatic rings. The predicted molar refractivity (Wildman–Crippen MR) is 45.0 cm³/mol. The summed E-state index contributed by atoms with van der Waals surface area (Å²) in [5.74, 6) is -0.609. The van der Waals surface area contributed by atoms with Crippen LogP contribution in [-0.2, 0) is 14.3 Å². The van der Waals surface area contributed by atoms with E-state index in [1.165, 1.54) is 14.2 Å². The SMILES string of the molecule is COCCC(NC(=O)OC)C(N)=O. The van der Waals surface area contributed by atoms with Crippen LogP contribution in [0.5, 0.6) is 0 Å². The molecule has 0 radical (unpaired) electrons. The molecular weight excluding hydrogens is 176 g/mol. The first-order valence-corrected chi connectivity index (χ1v) is 3.74. The van der Waals surface area contributed by atoms with E-state index in [2.05, 4.69) is 10.1 Å². The summed E-state index contributed by atoms with van der Waals surface area (Å²) in [6.07, 6.45) is -0.346. The molecule has 3 N–H and O–H groups in total. The monoisotopic (exact) mass is 190 g/mol. The van der Waals surface area contributed by atoms with E-state index in [9.17, 15) is 9.59 Å². The molecule has 0 aliphatic heterocycles. The van der Waals surface area contributed by atoms with Gasteiger partial charge in [0.2, 0.25) is 5.91 Å². The van der Waals surface area contributed by atoms with Crippen molar-refractivity contribution < 1.29 is 19.1 Å². The fourth-order valence-electron chi connectivity index (χ4n) is 0.722. The van der Waals surface area contributed by atoms with Gasteiger partial charge in [0.25, 0.3) is 0 Å². The highest BCUT2D eigenvalue weighted by atomic mass is 16.5. The second kappa shape index (κ2) is 6.24. The molecule has 13 heavy (non-hydrogen) atoms. The molecule has 6 heteroatoms. The second-order valence-electron chi connectivity index (χ2n) is 2.37. The Hall–Kier alpha value is -1.30. The van der Waals surface area contributed by atoms with E-state index in [0.717, 1.165) is 0 Å². The topological polar surface area (TPSA) is 90.7 Å². The Bertz CT molecular complexity index is 183. The van der Waals surface area contributed by atoms with Crippen LogP contribution in [0.2, 0.25) is 0 Å². The molecule has 0 fully saturated rings. The van der Waals surface area contributed by atoms with Crippen molar-refractivity contribution >= 4 is 12.0 Å². The Morgan fingerprint density at radius 2 is 2.08 bits per heavy atom. The van der Waals surface area contributed by atoms with Crippen LogP contribution in [0.1, 0.15) is 6.42 Å². The number of alkyl carbamates (subject to hydrolysis) is 1. The molecule has 76 valence electrons. The van der Waals surface area contributed by atoms with Crippen molar-refractivity contribution in [3.8, 4) is 0 Å². The number of ether oxygens (including phenoxy) is 2. The number of methoxy groups -OCH3 is 2. The van der Waals surface area contributed by atoms with Gasteiger partial charge in [-0.05, 0) is 0 Å². The quantitative estimate of drug-likeness (QED) is 0.595. The van der Waals surface area contributed by atoms with E-state index in [-0.39, 0.29) is 0 Å². The van der Waals surface area contributed by atoms with Crippen LogP contribution in [0.25, 0.3) is 0 Å². The molecule has 1 atom stereocenters. The zero-order valence-corrected chi connectivity index (χ0v) is 7.70. The van der Waals surface area contributed by atoms with Gasteiger partial charge >= 0.3 is 6.09 Å². The number of nitrogens with one attached hydrogen (secondary N) is 1. The molecule has 0 aromatic carbocycles. The van der Waals surface area contributed by atoms with Gasteiger partial charge in [-0.2, -0.15) is 0 Å². The van der Waals surface area contributed by atoms with Crippen molar-refractivity contribution in [2.24, 2.45) is 5.73 Å². The molecule has 2 amide bonds. The number of amides is 2. The van der Waals surface area contributed by atoms with Crippen molar-refractivity contribution in [2.75, 3.05) is 20.8 Å². The average Bonchev–Trinajstić information content (AvgIpc) is 2.11. The largest absolute Gasteiger partial charge is 0.453 e. The number of carbonyl (C=O) groups excluding carboxylic acids is 2. The molecule has 0 saturated carbocycles. The number of carbonyl (C=O) groups is 2. The van der Waals surface area contributed by atoms with Crippen molar-refractivity contribution in [1.29, 1.82) is 0 Å². The van der Waals surface area contributed by atoms with Gasteiger partial charge in [-0.15, -0.1) is 0 Å². The molecule has 0 spiro atoms. The molecule has 6 nitrogen and oxygen atoms in total. The highest BCUT2D eigenvalue weighted by Crippen LogP contribution is 1.92. The van der Waals surface area contributed by atoms with Crippen molar-refractivity contribution in [2.45, 2.75) is 12.5 Å². The smallest absolute Gasteiger partial charge is 0.407 e. The summed E-state index contributed by atoms with van der Waals surface area (Å²) < 4.78 is 9.05. The highest BCUT2D eigenvalue weighted by Gasteiger charge is 2.17. The van der Waals surface area contributed by atoms with E-state index >= 15 is 0 Å². The minimum absolute atomic E-state index is 0.334. The Morgan fingerprint density at radius 3 is 2.46 bits per heavy atom. The maximum Gasteiger partial charge on any atom is 0.407 e.